The van der Waals surface area contributed by atoms with Gasteiger partial charge in [-0.1, -0.05) is 60.7 Å². The maximum Gasteiger partial charge on any atom is 0.168 e. The van der Waals surface area contributed by atoms with Gasteiger partial charge in [0.1, 0.15) is 0 Å². The van der Waals surface area contributed by atoms with E-state index in [2.05, 4.69) is 0 Å². The summed E-state index contributed by atoms with van der Waals surface area (Å²) in [7, 11) is 0. The predicted molar refractivity (Wildman–Crippen MR) is 74.0 cm³/mol. The lowest BCUT2D eigenvalue weighted by molar-refractivity contribution is 0.0701. The summed E-state index contributed by atoms with van der Waals surface area (Å²) in [4.78, 5) is 12.6. The summed E-state index contributed by atoms with van der Waals surface area (Å²) < 4.78 is 5.77. The van der Waals surface area contributed by atoms with Crippen LogP contribution in [-0.2, 0) is 4.74 Å². The van der Waals surface area contributed by atoms with Crippen molar-refractivity contribution < 1.29 is 9.53 Å². The molecular weight excluding hydrogens is 236 g/mol. The average Bonchev–Trinajstić information content (AvgIpc) is 2.98. The summed E-state index contributed by atoms with van der Waals surface area (Å²) in [5.41, 5.74) is 1.87. The van der Waals surface area contributed by atoms with Gasteiger partial charge in [-0.15, -0.1) is 0 Å². The monoisotopic (exact) mass is 252 g/mol. The first-order valence-corrected chi connectivity index (χ1v) is 6.62. The zero-order valence-electron chi connectivity index (χ0n) is 10.7. The molecule has 96 valence electrons. The standard InChI is InChI=1S/C17H16O2/c18-16(13-7-3-1-4-8-13)15-11-12-19-17(15)14-9-5-2-6-10-14/h1-10,15,17H,11-12H2/t15-,17-/m1/s1. The molecule has 0 radical (unpaired) electrons. The Morgan fingerprint density at radius 2 is 1.58 bits per heavy atom. The summed E-state index contributed by atoms with van der Waals surface area (Å²) in [6.07, 6.45) is 0.696. The number of ether oxygens (including phenoxy) is 1. The average molecular weight is 252 g/mol. The van der Waals surface area contributed by atoms with E-state index in [9.17, 15) is 4.79 Å². The van der Waals surface area contributed by atoms with Crippen LogP contribution in [0.3, 0.4) is 0 Å². The third-order valence-corrected chi connectivity index (χ3v) is 3.61. The van der Waals surface area contributed by atoms with Crippen LogP contribution < -0.4 is 0 Å². The molecule has 1 saturated heterocycles. The largest absolute Gasteiger partial charge is 0.373 e. The van der Waals surface area contributed by atoms with Crippen LogP contribution in [-0.4, -0.2) is 12.4 Å². The molecule has 0 spiro atoms. The molecule has 2 atom stereocenters. The van der Waals surface area contributed by atoms with Crippen molar-refractivity contribution in [1.29, 1.82) is 0 Å². The number of hydrogen-bond donors (Lipinski definition) is 0. The molecule has 0 N–H and O–H groups in total. The number of benzene rings is 2. The van der Waals surface area contributed by atoms with Crippen molar-refractivity contribution >= 4 is 5.78 Å². The topological polar surface area (TPSA) is 26.3 Å². The van der Waals surface area contributed by atoms with Crippen LogP contribution in [0.5, 0.6) is 0 Å². The van der Waals surface area contributed by atoms with Gasteiger partial charge in [0.05, 0.1) is 12.0 Å². The Morgan fingerprint density at radius 1 is 0.947 bits per heavy atom. The molecule has 2 nitrogen and oxygen atoms in total. The molecule has 1 aliphatic heterocycles. The predicted octanol–water partition coefficient (Wildman–Crippen LogP) is 3.65. The molecule has 1 heterocycles. The lowest BCUT2D eigenvalue weighted by atomic mass is 9.88. The number of carbonyl (C=O) groups is 1. The van der Waals surface area contributed by atoms with Crippen molar-refractivity contribution in [3.63, 3.8) is 0 Å². The van der Waals surface area contributed by atoms with Crippen molar-refractivity contribution in [3.05, 3.63) is 71.8 Å². The quantitative estimate of drug-likeness (QED) is 0.779. The Bertz CT molecular complexity index is 548. The number of Topliss-reactive ketones (excluding diaryl/α,β-unsaturated/α-hetero) is 1. The maximum absolute atomic E-state index is 12.6. The molecular formula is C17H16O2. The van der Waals surface area contributed by atoms with Gasteiger partial charge < -0.3 is 4.74 Å². The second kappa shape index (κ2) is 5.37. The molecule has 3 rings (SSSR count). The van der Waals surface area contributed by atoms with Crippen molar-refractivity contribution in [2.75, 3.05) is 6.61 Å². The van der Waals surface area contributed by atoms with Crippen LogP contribution in [0.25, 0.3) is 0 Å². The Labute approximate surface area is 113 Å². The van der Waals surface area contributed by atoms with Gasteiger partial charge in [-0.3, -0.25) is 4.79 Å². The highest BCUT2D eigenvalue weighted by atomic mass is 16.5. The smallest absolute Gasteiger partial charge is 0.168 e. The molecule has 19 heavy (non-hydrogen) atoms. The zero-order valence-corrected chi connectivity index (χ0v) is 10.7. The number of ketones is 1. The van der Waals surface area contributed by atoms with Gasteiger partial charge >= 0.3 is 0 Å². The Kier molecular flexibility index (Phi) is 3.43. The van der Waals surface area contributed by atoms with Gasteiger partial charge in [0.15, 0.2) is 5.78 Å². The molecule has 2 heteroatoms. The molecule has 0 aromatic heterocycles. The third kappa shape index (κ3) is 2.45. The van der Waals surface area contributed by atoms with Crippen molar-refractivity contribution in [2.24, 2.45) is 5.92 Å². The summed E-state index contributed by atoms with van der Waals surface area (Å²) in [6, 6.07) is 19.5. The normalized spacial score (nSPS) is 22.3. The second-order valence-electron chi connectivity index (χ2n) is 4.83. The minimum absolute atomic E-state index is 0.0650. The number of carbonyl (C=O) groups excluding carboxylic acids is 1. The third-order valence-electron chi connectivity index (χ3n) is 3.61. The SMILES string of the molecule is O=C(c1ccccc1)[C@H]1CCO[C@@H]1c1ccccc1. The molecule has 0 aliphatic carbocycles. The molecule has 1 aliphatic rings. The van der Waals surface area contributed by atoms with Crippen LogP contribution in [0.4, 0.5) is 0 Å². The van der Waals surface area contributed by atoms with E-state index >= 15 is 0 Å². The molecule has 0 unspecified atom stereocenters. The minimum Gasteiger partial charge on any atom is -0.373 e. The maximum atomic E-state index is 12.6. The van der Waals surface area contributed by atoms with Crippen LogP contribution >= 0.6 is 0 Å². The van der Waals surface area contributed by atoms with Gasteiger partial charge in [-0.25, -0.2) is 0 Å². The first kappa shape index (κ1) is 12.1. The van der Waals surface area contributed by atoms with Crippen molar-refractivity contribution in [2.45, 2.75) is 12.5 Å². The van der Waals surface area contributed by atoms with Crippen LogP contribution in [0.1, 0.15) is 28.4 Å². The molecule has 2 aromatic carbocycles. The first-order valence-electron chi connectivity index (χ1n) is 6.62. The van der Waals surface area contributed by atoms with Crippen molar-refractivity contribution in [3.8, 4) is 0 Å². The fraction of sp³-hybridized carbons (Fsp3) is 0.235. The highest BCUT2D eigenvalue weighted by molar-refractivity contribution is 5.98. The van der Waals surface area contributed by atoms with Crippen LogP contribution in [0.2, 0.25) is 0 Å². The molecule has 0 bridgehead atoms. The highest BCUT2D eigenvalue weighted by Crippen LogP contribution is 2.36. The van der Waals surface area contributed by atoms with E-state index in [0.717, 1.165) is 17.5 Å². The Hall–Kier alpha value is -1.93. The summed E-state index contributed by atoms with van der Waals surface area (Å²) in [5, 5.41) is 0. The Morgan fingerprint density at radius 3 is 2.26 bits per heavy atom. The summed E-state index contributed by atoms with van der Waals surface area (Å²) >= 11 is 0. The van der Waals surface area contributed by atoms with E-state index in [4.69, 9.17) is 4.74 Å². The zero-order chi connectivity index (χ0) is 13.1. The van der Waals surface area contributed by atoms with E-state index in [1.807, 2.05) is 60.7 Å². The molecule has 2 aromatic rings. The Balaban J connectivity index is 1.86. The number of hydrogen-bond acceptors (Lipinski definition) is 2. The number of rotatable bonds is 3. The first-order chi connectivity index (χ1) is 9.36. The molecule has 1 fully saturated rings. The van der Waals surface area contributed by atoms with E-state index in [0.29, 0.717) is 6.61 Å². The van der Waals surface area contributed by atoms with E-state index in [1.165, 1.54) is 0 Å². The molecule has 0 amide bonds. The van der Waals surface area contributed by atoms with Crippen molar-refractivity contribution in [1.82, 2.24) is 0 Å². The minimum atomic E-state index is -0.103. The lowest BCUT2D eigenvalue weighted by Crippen LogP contribution is -2.18. The second-order valence-corrected chi connectivity index (χ2v) is 4.83. The van der Waals surface area contributed by atoms with Gasteiger partial charge in [-0.2, -0.15) is 0 Å². The van der Waals surface area contributed by atoms with Gasteiger partial charge in [0.2, 0.25) is 0 Å². The lowest BCUT2D eigenvalue weighted by Gasteiger charge is -2.17. The summed E-state index contributed by atoms with van der Waals surface area (Å²) in [6.45, 7) is 0.656. The van der Waals surface area contributed by atoms with Crippen LogP contribution in [0.15, 0.2) is 60.7 Å². The van der Waals surface area contributed by atoms with E-state index in [1.54, 1.807) is 0 Å². The van der Waals surface area contributed by atoms with Gasteiger partial charge in [0, 0.05) is 12.2 Å². The van der Waals surface area contributed by atoms with Crippen LogP contribution in [0, 0.1) is 5.92 Å². The summed E-state index contributed by atoms with van der Waals surface area (Å²) in [5.74, 6) is 0.122. The fourth-order valence-corrected chi connectivity index (χ4v) is 2.65. The highest BCUT2D eigenvalue weighted by Gasteiger charge is 2.35. The molecule has 0 saturated carbocycles. The van der Waals surface area contributed by atoms with Gasteiger partial charge in [-0.05, 0) is 12.0 Å². The van der Waals surface area contributed by atoms with E-state index < -0.39 is 0 Å². The van der Waals surface area contributed by atoms with Gasteiger partial charge in [0.25, 0.3) is 0 Å². The van der Waals surface area contributed by atoms with E-state index in [-0.39, 0.29) is 17.8 Å². The fourth-order valence-electron chi connectivity index (χ4n) is 2.65.